The summed E-state index contributed by atoms with van der Waals surface area (Å²) in [5, 5.41) is 8.82. The Balaban J connectivity index is 3.18. The molecule has 0 unspecified atom stereocenters. The van der Waals surface area contributed by atoms with Crippen LogP contribution in [0.2, 0.25) is 0 Å². The highest BCUT2D eigenvalue weighted by atomic mass is 19.3. The lowest BCUT2D eigenvalue weighted by atomic mass is 9.99. The second kappa shape index (κ2) is 6.05. The van der Waals surface area contributed by atoms with Crippen molar-refractivity contribution in [2.75, 3.05) is 6.61 Å². The molecular weight excluding hydrogens is 247 g/mol. The molecule has 0 fully saturated rings. The summed E-state index contributed by atoms with van der Waals surface area (Å²) in [7, 11) is 0. The van der Waals surface area contributed by atoms with Gasteiger partial charge in [-0.1, -0.05) is 0 Å². The van der Waals surface area contributed by atoms with Crippen LogP contribution in [-0.2, 0) is 16.0 Å². The Hall–Kier alpha value is -2.03. The highest BCUT2D eigenvalue weighted by Gasteiger charge is 2.20. The molecule has 1 rings (SSSR count). The van der Waals surface area contributed by atoms with Crippen LogP contribution in [0.25, 0.3) is 0 Å². The molecular formula is C12H10F3NO2. The predicted molar refractivity (Wildman–Crippen MR) is 56.4 cm³/mol. The molecule has 0 aliphatic heterocycles. The molecule has 0 heterocycles. The number of esters is 1. The summed E-state index contributed by atoms with van der Waals surface area (Å²) in [6, 6.07) is 3.05. The van der Waals surface area contributed by atoms with Crippen molar-refractivity contribution in [2.24, 2.45) is 0 Å². The summed E-state index contributed by atoms with van der Waals surface area (Å²) in [6.07, 6.45) is -3.38. The summed E-state index contributed by atoms with van der Waals surface area (Å²) in [5.74, 6) is -1.61. The van der Waals surface area contributed by atoms with Gasteiger partial charge in [-0.05, 0) is 24.6 Å². The molecule has 0 aliphatic rings. The van der Waals surface area contributed by atoms with E-state index in [4.69, 9.17) is 5.26 Å². The zero-order valence-corrected chi connectivity index (χ0v) is 9.54. The van der Waals surface area contributed by atoms with E-state index in [0.29, 0.717) is 6.07 Å². The summed E-state index contributed by atoms with van der Waals surface area (Å²) in [4.78, 5) is 11.2. The Morgan fingerprint density at radius 3 is 2.67 bits per heavy atom. The molecule has 0 aliphatic carbocycles. The number of carbonyl (C=O) groups is 1. The van der Waals surface area contributed by atoms with E-state index in [1.165, 1.54) is 0 Å². The van der Waals surface area contributed by atoms with Gasteiger partial charge in [0, 0.05) is 5.56 Å². The SMILES string of the molecule is CCOC(=O)Cc1cc(F)cc(C(F)F)c1C#N. The summed E-state index contributed by atoms with van der Waals surface area (Å²) in [5.41, 5.74) is -1.18. The van der Waals surface area contributed by atoms with Crippen molar-refractivity contribution in [3.8, 4) is 6.07 Å². The lowest BCUT2D eigenvalue weighted by Gasteiger charge is -2.09. The quantitative estimate of drug-likeness (QED) is 0.779. The smallest absolute Gasteiger partial charge is 0.310 e. The maximum atomic E-state index is 13.1. The maximum absolute atomic E-state index is 13.1. The summed E-state index contributed by atoms with van der Waals surface area (Å²) >= 11 is 0. The fourth-order valence-corrected chi connectivity index (χ4v) is 1.50. The second-order valence-electron chi connectivity index (χ2n) is 3.42. The summed E-state index contributed by atoms with van der Waals surface area (Å²) in [6.45, 7) is 1.71. The van der Waals surface area contributed by atoms with E-state index in [1.807, 2.05) is 0 Å². The maximum Gasteiger partial charge on any atom is 0.310 e. The molecule has 0 spiro atoms. The van der Waals surface area contributed by atoms with Crippen molar-refractivity contribution < 1.29 is 22.7 Å². The third-order valence-electron chi connectivity index (χ3n) is 2.20. The average molecular weight is 257 g/mol. The molecule has 0 atom stereocenters. The molecule has 1 aromatic rings. The van der Waals surface area contributed by atoms with Crippen LogP contribution >= 0.6 is 0 Å². The van der Waals surface area contributed by atoms with Gasteiger partial charge in [-0.3, -0.25) is 4.79 Å². The van der Waals surface area contributed by atoms with Crippen LogP contribution in [-0.4, -0.2) is 12.6 Å². The van der Waals surface area contributed by atoms with Crippen LogP contribution in [0.15, 0.2) is 12.1 Å². The Morgan fingerprint density at radius 1 is 1.50 bits per heavy atom. The van der Waals surface area contributed by atoms with Crippen molar-refractivity contribution in [1.29, 1.82) is 5.26 Å². The van der Waals surface area contributed by atoms with Crippen LogP contribution in [0.5, 0.6) is 0 Å². The molecule has 0 N–H and O–H groups in total. The third kappa shape index (κ3) is 3.23. The predicted octanol–water partition coefficient (Wildman–Crippen LogP) is 2.74. The Morgan fingerprint density at radius 2 is 2.17 bits per heavy atom. The molecule has 0 bridgehead atoms. The van der Waals surface area contributed by atoms with E-state index in [2.05, 4.69) is 4.74 Å². The van der Waals surface area contributed by atoms with Gasteiger partial charge in [0.25, 0.3) is 6.43 Å². The number of carbonyl (C=O) groups excluding carboxylic acids is 1. The Labute approximate surface area is 102 Å². The van der Waals surface area contributed by atoms with E-state index in [-0.39, 0.29) is 17.7 Å². The van der Waals surface area contributed by atoms with Crippen molar-refractivity contribution in [2.45, 2.75) is 19.8 Å². The fourth-order valence-electron chi connectivity index (χ4n) is 1.50. The van der Waals surface area contributed by atoms with Gasteiger partial charge in [-0.15, -0.1) is 0 Å². The fraction of sp³-hybridized carbons (Fsp3) is 0.333. The largest absolute Gasteiger partial charge is 0.466 e. The van der Waals surface area contributed by atoms with Crippen LogP contribution < -0.4 is 0 Å². The number of benzene rings is 1. The minimum absolute atomic E-state index is 0.0914. The minimum atomic E-state index is -2.98. The number of alkyl halides is 2. The van der Waals surface area contributed by atoms with Crippen molar-refractivity contribution >= 4 is 5.97 Å². The first-order valence-corrected chi connectivity index (χ1v) is 5.15. The standard InChI is InChI=1S/C12H10F3NO2/c1-2-18-11(17)4-7-3-8(13)5-9(12(14)15)10(7)6-16/h3,5,12H,2,4H2,1H3. The van der Waals surface area contributed by atoms with E-state index in [9.17, 15) is 18.0 Å². The highest BCUT2D eigenvalue weighted by Crippen LogP contribution is 2.26. The molecule has 6 heteroatoms. The number of rotatable bonds is 4. The lowest BCUT2D eigenvalue weighted by Crippen LogP contribution is -2.10. The molecule has 1 aromatic carbocycles. The molecule has 96 valence electrons. The Kier molecular flexibility index (Phi) is 4.72. The molecule has 18 heavy (non-hydrogen) atoms. The van der Waals surface area contributed by atoms with Crippen LogP contribution in [0.1, 0.15) is 30.0 Å². The van der Waals surface area contributed by atoms with E-state index in [1.54, 1.807) is 13.0 Å². The van der Waals surface area contributed by atoms with Gasteiger partial charge in [0.15, 0.2) is 0 Å². The van der Waals surface area contributed by atoms with Crippen molar-refractivity contribution in [3.05, 3.63) is 34.6 Å². The van der Waals surface area contributed by atoms with Gasteiger partial charge in [-0.25, -0.2) is 13.2 Å². The van der Waals surface area contributed by atoms with Crippen molar-refractivity contribution in [1.82, 2.24) is 0 Å². The zero-order valence-electron chi connectivity index (χ0n) is 9.54. The monoisotopic (exact) mass is 257 g/mol. The third-order valence-corrected chi connectivity index (χ3v) is 2.20. The van der Waals surface area contributed by atoms with Gasteiger partial charge in [0.2, 0.25) is 0 Å². The number of nitriles is 1. The first-order chi connectivity index (χ1) is 8.49. The average Bonchev–Trinajstić information content (AvgIpc) is 2.28. The number of nitrogens with zero attached hydrogens (tertiary/aromatic N) is 1. The second-order valence-corrected chi connectivity index (χ2v) is 3.42. The number of halogens is 3. The highest BCUT2D eigenvalue weighted by molar-refractivity contribution is 5.74. The zero-order chi connectivity index (χ0) is 13.7. The topological polar surface area (TPSA) is 50.1 Å². The van der Waals surface area contributed by atoms with E-state index < -0.39 is 30.2 Å². The van der Waals surface area contributed by atoms with E-state index in [0.717, 1.165) is 6.07 Å². The van der Waals surface area contributed by atoms with Gasteiger partial charge in [0.1, 0.15) is 5.82 Å². The first kappa shape index (κ1) is 14.0. The first-order valence-electron chi connectivity index (χ1n) is 5.15. The molecule has 3 nitrogen and oxygen atoms in total. The van der Waals surface area contributed by atoms with Crippen LogP contribution in [0.3, 0.4) is 0 Å². The summed E-state index contributed by atoms with van der Waals surface area (Å²) < 4.78 is 43.0. The van der Waals surface area contributed by atoms with Gasteiger partial charge >= 0.3 is 5.97 Å². The van der Waals surface area contributed by atoms with Gasteiger partial charge in [0.05, 0.1) is 24.7 Å². The number of hydrogen-bond acceptors (Lipinski definition) is 3. The van der Waals surface area contributed by atoms with Gasteiger partial charge < -0.3 is 4.74 Å². The van der Waals surface area contributed by atoms with Crippen molar-refractivity contribution in [3.63, 3.8) is 0 Å². The van der Waals surface area contributed by atoms with Crippen LogP contribution in [0.4, 0.5) is 13.2 Å². The minimum Gasteiger partial charge on any atom is -0.466 e. The van der Waals surface area contributed by atoms with Crippen LogP contribution in [0, 0.1) is 17.1 Å². The van der Waals surface area contributed by atoms with Gasteiger partial charge in [-0.2, -0.15) is 5.26 Å². The lowest BCUT2D eigenvalue weighted by molar-refractivity contribution is -0.142. The number of ether oxygens (including phenoxy) is 1. The number of hydrogen-bond donors (Lipinski definition) is 0. The molecule has 0 aromatic heterocycles. The molecule has 0 radical (unpaired) electrons. The molecule has 0 saturated carbocycles. The van der Waals surface area contributed by atoms with E-state index >= 15 is 0 Å². The Bertz CT molecular complexity index is 495. The molecule has 0 saturated heterocycles. The normalized spacial score (nSPS) is 10.2. The molecule has 0 amide bonds.